The molecule has 1 aliphatic heterocycles. The second kappa shape index (κ2) is 8.29. The zero-order valence-corrected chi connectivity index (χ0v) is 17.0. The van der Waals surface area contributed by atoms with Crippen molar-refractivity contribution in [2.45, 2.75) is 6.92 Å². The van der Waals surface area contributed by atoms with Gasteiger partial charge >= 0.3 is 0 Å². The van der Waals surface area contributed by atoms with Gasteiger partial charge in [0, 0.05) is 34.6 Å². The maximum absolute atomic E-state index is 12.5. The first-order valence-corrected chi connectivity index (χ1v) is 10.0. The number of halogens is 1. The van der Waals surface area contributed by atoms with Gasteiger partial charge in [-0.15, -0.1) is 11.3 Å². The lowest BCUT2D eigenvalue weighted by Gasteiger charge is -2.34. The van der Waals surface area contributed by atoms with Crippen LogP contribution in [0.1, 0.15) is 14.5 Å². The molecule has 0 aliphatic carbocycles. The summed E-state index contributed by atoms with van der Waals surface area (Å²) in [6, 6.07) is 11.6. The molecule has 1 saturated heterocycles. The van der Waals surface area contributed by atoms with Gasteiger partial charge in [0.05, 0.1) is 17.1 Å². The molecule has 2 amide bonds. The highest BCUT2D eigenvalue weighted by molar-refractivity contribution is 14.1. The van der Waals surface area contributed by atoms with Crippen molar-refractivity contribution < 1.29 is 9.59 Å². The highest BCUT2D eigenvalue weighted by Crippen LogP contribution is 2.19. The van der Waals surface area contributed by atoms with Crippen molar-refractivity contribution in [2.75, 3.05) is 38.0 Å². The van der Waals surface area contributed by atoms with E-state index in [4.69, 9.17) is 0 Å². The number of benzene rings is 1. The maximum atomic E-state index is 12.5. The van der Waals surface area contributed by atoms with E-state index in [1.165, 1.54) is 11.3 Å². The Morgan fingerprint density at radius 3 is 2.48 bits per heavy atom. The molecule has 1 fully saturated rings. The molecule has 3 rings (SSSR count). The first-order valence-electron chi connectivity index (χ1n) is 8.15. The van der Waals surface area contributed by atoms with Crippen molar-refractivity contribution in [3.8, 4) is 0 Å². The van der Waals surface area contributed by atoms with Gasteiger partial charge < -0.3 is 10.2 Å². The van der Waals surface area contributed by atoms with Gasteiger partial charge in [0.2, 0.25) is 5.91 Å². The van der Waals surface area contributed by atoms with Crippen LogP contribution in [0.25, 0.3) is 0 Å². The van der Waals surface area contributed by atoms with E-state index in [0.29, 0.717) is 19.6 Å². The molecule has 7 heteroatoms. The van der Waals surface area contributed by atoms with Gasteiger partial charge in [-0.25, -0.2) is 0 Å². The van der Waals surface area contributed by atoms with Gasteiger partial charge in [-0.05, 0) is 53.8 Å². The van der Waals surface area contributed by atoms with Gasteiger partial charge in [-0.2, -0.15) is 0 Å². The summed E-state index contributed by atoms with van der Waals surface area (Å²) in [5.74, 6) is 0.0822. The molecule has 5 nitrogen and oxygen atoms in total. The van der Waals surface area contributed by atoms with Crippen LogP contribution >= 0.6 is 33.9 Å². The second-order valence-electron chi connectivity index (χ2n) is 6.01. The van der Waals surface area contributed by atoms with E-state index in [2.05, 4.69) is 32.8 Å². The molecule has 25 heavy (non-hydrogen) atoms. The van der Waals surface area contributed by atoms with E-state index >= 15 is 0 Å². The number of nitrogens with zero attached hydrogens (tertiary/aromatic N) is 2. The third-order valence-electron chi connectivity index (χ3n) is 4.13. The molecule has 0 radical (unpaired) electrons. The van der Waals surface area contributed by atoms with Crippen molar-refractivity contribution in [3.05, 3.63) is 49.7 Å². The summed E-state index contributed by atoms with van der Waals surface area (Å²) in [7, 11) is 0. The summed E-state index contributed by atoms with van der Waals surface area (Å²) in [6.45, 7) is 5.11. The lowest BCUT2D eigenvalue weighted by atomic mass is 10.2. The first kappa shape index (κ1) is 18.3. The average molecular weight is 469 g/mol. The third-order valence-corrected chi connectivity index (χ3v) is 6.06. The van der Waals surface area contributed by atoms with Crippen LogP contribution in [0.5, 0.6) is 0 Å². The van der Waals surface area contributed by atoms with E-state index < -0.39 is 0 Å². The van der Waals surface area contributed by atoms with Crippen molar-refractivity contribution in [2.24, 2.45) is 0 Å². The third kappa shape index (κ3) is 4.80. The number of hydrogen-bond acceptors (Lipinski definition) is 4. The molecule has 0 atom stereocenters. The highest BCUT2D eigenvalue weighted by Gasteiger charge is 2.24. The number of hydrogen-bond donors (Lipinski definition) is 1. The van der Waals surface area contributed by atoms with E-state index in [-0.39, 0.29) is 11.8 Å². The van der Waals surface area contributed by atoms with Gasteiger partial charge in [0.1, 0.15) is 0 Å². The van der Waals surface area contributed by atoms with Crippen LogP contribution < -0.4 is 5.32 Å². The minimum Gasteiger partial charge on any atom is -0.335 e. The Balaban J connectivity index is 1.48. The van der Waals surface area contributed by atoms with Gasteiger partial charge in [0.15, 0.2) is 0 Å². The van der Waals surface area contributed by atoms with Gasteiger partial charge in [-0.1, -0.05) is 12.1 Å². The standard InChI is InChI=1S/C18H20IN3O2S/c1-13-6-7-16(25-13)18(24)22-10-8-21(9-11-22)12-17(23)20-15-5-3-2-4-14(15)19/h2-7H,8-12H2,1H3,(H,20,23). The quantitative estimate of drug-likeness (QED) is 0.701. The second-order valence-corrected chi connectivity index (χ2v) is 8.46. The minimum absolute atomic E-state index is 0.0159. The van der Waals surface area contributed by atoms with Gasteiger partial charge in [0.25, 0.3) is 5.91 Å². The van der Waals surface area contributed by atoms with E-state index in [1.807, 2.05) is 48.2 Å². The molecule has 2 aromatic rings. The molecule has 2 heterocycles. The molecule has 1 aromatic carbocycles. The molecule has 0 bridgehead atoms. The Hall–Kier alpha value is -1.45. The molecule has 132 valence electrons. The van der Waals surface area contributed by atoms with Crippen molar-refractivity contribution in [1.29, 1.82) is 0 Å². The number of rotatable bonds is 4. The number of aryl methyl sites for hydroxylation is 1. The smallest absolute Gasteiger partial charge is 0.264 e. The summed E-state index contributed by atoms with van der Waals surface area (Å²) in [5.41, 5.74) is 0.843. The fourth-order valence-corrected chi connectivity index (χ4v) is 4.13. The summed E-state index contributed by atoms with van der Waals surface area (Å²) in [6.07, 6.45) is 0. The predicted molar refractivity (Wildman–Crippen MR) is 109 cm³/mol. The monoisotopic (exact) mass is 469 g/mol. The van der Waals surface area contributed by atoms with Crippen LogP contribution in [0.15, 0.2) is 36.4 Å². The fourth-order valence-electron chi connectivity index (χ4n) is 2.77. The highest BCUT2D eigenvalue weighted by atomic mass is 127. The summed E-state index contributed by atoms with van der Waals surface area (Å²) in [4.78, 5) is 30.6. The zero-order chi connectivity index (χ0) is 17.8. The number of amides is 2. The number of nitrogens with one attached hydrogen (secondary N) is 1. The van der Waals surface area contributed by atoms with Crippen LogP contribution in [-0.2, 0) is 4.79 Å². The minimum atomic E-state index is -0.0159. The zero-order valence-electron chi connectivity index (χ0n) is 14.0. The summed E-state index contributed by atoms with van der Waals surface area (Å²) >= 11 is 3.74. The normalized spacial score (nSPS) is 15.2. The molecule has 1 N–H and O–H groups in total. The molecular weight excluding hydrogens is 449 g/mol. The van der Waals surface area contributed by atoms with Crippen LogP contribution in [-0.4, -0.2) is 54.3 Å². The predicted octanol–water partition coefficient (Wildman–Crippen LogP) is 3.06. The molecule has 0 unspecified atom stereocenters. The largest absolute Gasteiger partial charge is 0.335 e. The Morgan fingerprint density at radius 1 is 1.12 bits per heavy atom. The Kier molecular flexibility index (Phi) is 6.08. The van der Waals surface area contributed by atoms with Crippen LogP contribution in [0, 0.1) is 10.5 Å². The Morgan fingerprint density at radius 2 is 1.84 bits per heavy atom. The number of carbonyl (C=O) groups excluding carboxylic acids is 2. The van der Waals surface area contributed by atoms with E-state index in [1.54, 1.807) is 0 Å². The van der Waals surface area contributed by atoms with Crippen molar-refractivity contribution >= 4 is 51.4 Å². The lowest BCUT2D eigenvalue weighted by Crippen LogP contribution is -2.50. The fraction of sp³-hybridized carbons (Fsp3) is 0.333. The molecule has 1 aliphatic rings. The van der Waals surface area contributed by atoms with Crippen molar-refractivity contribution in [3.63, 3.8) is 0 Å². The molecule has 0 saturated carbocycles. The Bertz CT molecular complexity index is 769. The van der Waals surface area contributed by atoms with E-state index in [0.717, 1.165) is 32.1 Å². The molecular formula is C18H20IN3O2S. The SMILES string of the molecule is Cc1ccc(C(=O)N2CCN(CC(=O)Nc3ccccc3I)CC2)s1. The van der Waals surface area contributed by atoms with Crippen LogP contribution in [0.3, 0.4) is 0 Å². The number of thiophene rings is 1. The number of anilines is 1. The van der Waals surface area contributed by atoms with Crippen LogP contribution in [0.2, 0.25) is 0 Å². The summed E-state index contributed by atoms with van der Waals surface area (Å²) in [5, 5.41) is 2.95. The van der Waals surface area contributed by atoms with Gasteiger partial charge in [-0.3, -0.25) is 14.5 Å². The number of carbonyl (C=O) groups is 2. The maximum Gasteiger partial charge on any atom is 0.264 e. The molecule has 1 aromatic heterocycles. The first-order chi connectivity index (χ1) is 12.0. The van der Waals surface area contributed by atoms with E-state index in [9.17, 15) is 9.59 Å². The summed E-state index contributed by atoms with van der Waals surface area (Å²) < 4.78 is 1.02. The lowest BCUT2D eigenvalue weighted by molar-refractivity contribution is -0.117. The Labute approximate surface area is 165 Å². The molecule has 0 spiro atoms. The van der Waals surface area contributed by atoms with Crippen LogP contribution in [0.4, 0.5) is 5.69 Å². The topological polar surface area (TPSA) is 52.7 Å². The average Bonchev–Trinajstić information content (AvgIpc) is 3.03. The number of para-hydroxylation sites is 1. The van der Waals surface area contributed by atoms with Crippen molar-refractivity contribution in [1.82, 2.24) is 9.80 Å². The number of piperazine rings is 1.